The second-order valence-corrected chi connectivity index (χ2v) is 9.54. The van der Waals surface area contributed by atoms with Crippen LogP contribution in [-0.2, 0) is 22.9 Å². The van der Waals surface area contributed by atoms with Crippen LogP contribution in [0.4, 0.5) is 0 Å². The standard InChI is InChI=1S/C18H30N3O7P/c1-4-6-12(7-5-2)10-25-29(24)26-11-13-15(28-29)18(3,19)16(27-13)21-9-8-14(22)20-17(21)23/h8-9,12-13,15-16H,4-7,10-11,19H2,1-3H3,(H,20,22,23)/t13-,15-,16-,18-,29?/m1/s1. The molecule has 0 spiro atoms. The maximum Gasteiger partial charge on any atom is 0.475 e. The zero-order valence-electron chi connectivity index (χ0n) is 17.0. The maximum atomic E-state index is 13.0. The lowest BCUT2D eigenvalue weighted by Gasteiger charge is -2.36. The third-order valence-electron chi connectivity index (χ3n) is 5.39. The van der Waals surface area contributed by atoms with E-state index in [0.717, 1.165) is 25.7 Å². The molecule has 11 heteroatoms. The van der Waals surface area contributed by atoms with Crippen molar-refractivity contribution in [1.82, 2.24) is 9.55 Å². The molecule has 3 heterocycles. The van der Waals surface area contributed by atoms with Crippen LogP contribution in [0.2, 0.25) is 0 Å². The van der Waals surface area contributed by atoms with E-state index in [-0.39, 0.29) is 19.1 Å². The zero-order chi connectivity index (χ0) is 21.2. The van der Waals surface area contributed by atoms with Crippen molar-refractivity contribution in [1.29, 1.82) is 0 Å². The van der Waals surface area contributed by atoms with E-state index in [9.17, 15) is 14.2 Å². The Hall–Kier alpha value is -1.29. The summed E-state index contributed by atoms with van der Waals surface area (Å²) in [7, 11) is -3.81. The van der Waals surface area contributed by atoms with Crippen molar-refractivity contribution < 1.29 is 22.9 Å². The minimum absolute atomic E-state index is 0.0322. The van der Waals surface area contributed by atoms with Gasteiger partial charge in [0.25, 0.3) is 5.56 Å². The van der Waals surface area contributed by atoms with E-state index in [1.165, 1.54) is 16.8 Å². The Morgan fingerprint density at radius 2 is 2.07 bits per heavy atom. The number of aromatic nitrogens is 2. The molecular weight excluding hydrogens is 401 g/mol. The molecule has 164 valence electrons. The van der Waals surface area contributed by atoms with E-state index in [1.807, 2.05) is 0 Å². The lowest BCUT2D eigenvalue weighted by molar-refractivity contribution is -0.0734. The predicted octanol–water partition coefficient (Wildman–Crippen LogP) is 1.91. The molecule has 0 saturated carbocycles. The number of H-pyrrole nitrogens is 1. The summed E-state index contributed by atoms with van der Waals surface area (Å²) in [4.78, 5) is 25.7. The SMILES string of the molecule is CCCC(CCC)COP1(=O)OC[C@H]2O[C@@H](n3ccc(=O)[nH]c3=O)[C@](C)(N)[C@@H]2O1. The van der Waals surface area contributed by atoms with Crippen LogP contribution in [0.1, 0.15) is 52.7 Å². The fraction of sp³-hybridized carbons (Fsp3) is 0.778. The normalized spacial score (nSPS) is 34.4. The van der Waals surface area contributed by atoms with Gasteiger partial charge in [0.2, 0.25) is 0 Å². The van der Waals surface area contributed by atoms with Crippen LogP contribution in [0.25, 0.3) is 0 Å². The monoisotopic (exact) mass is 431 g/mol. The topological polar surface area (TPSA) is 135 Å². The van der Waals surface area contributed by atoms with Gasteiger partial charge in [-0.2, -0.15) is 0 Å². The van der Waals surface area contributed by atoms with Gasteiger partial charge in [-0.3, -0.25) is 27.9 Å². The molecule has 0 bridgehead atoms. The number of phosphoric ester groups is 1. The molecule has 2 aliphatic rings. The summed E-state index contributed by atoms with van der Waals surface area (Å²) in [6, 6.07) is 1.20. The summed E-state index contributed by atoms with van der Waals surface area (Å²) < 4.78 is 36.8. The van der Waals surface area contributed by atoms with E-state index in [4.69, 9.17) is 24.0 Å². The highest BCUT2D eigenvalue weighted by Gasteiger charge is 2.59. The highest BCUT2D eigenvalue weighted by Crippen LogP contribution is 2.58. The summed E-state index contributed by atoms with van der Waals surface area (Å²) in [5, 5.41) is 0. The molecule has 1 unspecified atom stereocenters. The van der Waals surface area contributed by atoms with Crippen LogP contribution in [0.3, 0.4) is 0 Å². The summed E-state index contributed by atoms with van der Waals surface area (Å²) in [6.45, 7) is 6.08. The van der Waals surface area contributed by atoms with Gasteiger partial charge in [0, 0.05) is 12.3 Å². The van der Waals surface area contributed by atoms with Crippen LogP contribution in [0.5, 0.6) is 0 Å². The minimum Gasteiger partial charge on any atom is -0.347 e. The number of phosphoric acid groups is 1. The Morgan fingerprint density at radius 1 is 1.38 bits per heavy atom. The van der Waals surface area contributed by atoms with Gasteiger partial charge in [0.05, 0.1) is 18.8 Å². The van der Waals surface area contributed by atoms with Gasteiger partial charge in [0.1, 0.15) is 12.2 Å². The molecule has 2 fully saturated rings. The number of hydrogen-bond acceptors (Lipinski definition) is 8. The Labute approximate surface area is 169 Å². The molecule has 3 rings (SSSR count). The van der Waals surface area contributed by atoms with Crippen molar-refractivity contribution in [2.24, 2.45) is 11.7 Å². The van der Waals surface area contributed by atoms with Crippen molar-refractivity contribution in [3.8, 4) is 0 Å². The second-order valence-electron chi connectivity index (χ2n) is 7.92. The molecule has 5 atom stereocenters. The molecule has 3 N–H and O–H groups in total. The van der Waals surface area contributed by atoms with Crippen LogP contribution >= 0.6 is 7.82 Å². The summed E-state index contributed by atoms with van der Waals surface area (Å²) in [5.41, 5.74) is 4.07. The smallest absolute Gasteiger partial charge is 0.347 e. The number of rotatable bonds is 8. The first-order valence-corrected chi connectivity index (χ1v) is 11.5. The van der Waals surface area contributed by atoms with Crippen molar-refractivity contribution in [2.75, 3.05) is 13.2 Å². The van der Waals surface area contributed by atoms with Crippen molar-refractivity contribution in [2.45, 2.75) is 70.4 Å². The lowest BCUT2D eigenvalue weighted by Crippen LogP contribution is -2.55. The largest absolute Gasteiger partial charge is 0.475 e. The molecule has 29 heavy (non-hydrogen) atoms. The van der Waals surface area contributed by atoms with Crippen LogP contribution in [-0.4, -0.2) is 40.5 Å². The van der Waals surface area contributed by atoms with E-state index in [1.54, 1.807) is 6.92 Å². The van der Waals surface area contributed by atoms with E-state index < -0.39 is 43.0 Å². The van der Waals surface area contributed by atoms with Crippen LogP contribution < -0.4 is 17.0 Å². The van der Waals surface area contributed by atoms with Crippen LogP contribution in [0.15, 0.2) is 21.9 Å². The highest BCUT2D eigenvalue weighted by atomic mass is 31.2. The molecule has 2 saturated heterocycles. The Morgan fingerprint density at radius 3 is 2.69 bits per heavy atom. The summed E-state index contributed by atoms with van der Waals surface area (Å²) in [5.74, 6) is 0.275. The molecule has 1 aromatic heterocycles. The predicted molar refractivity (Wildman–Crippen MR) is 106 cm³/mol. The number of hydrogen-bond donors (Lipinski definition) is 2. The van der Waals surface area contributed by atoms with Crippen molar-refractivity contribution in [3.05, 3.63) is 33.1 Å². The van der Waals surface area contributed by atoms with Gasteiger partial charge in [-0.05, 0) is 25.7 Å². The summed E-state index contributed by atoms with van der Waals surface area (Å²) in [6.07, 6.45) is 2.91. The van der Waals surface area contributed by atoms with Gasteiger partial charge in [-0.1, -0.05) is 26.7 Å². The first-order valence-electron chi connectivity index (χ1n) is 10.0. The Kier molecular flexibility index (Phi) is 6.82. The number of nitrogens with zero attached hydrogens (tertiary/aromatic N) is 1. The number of aromatic amines is 1. The van der Waals surface area contributed by atoms with Gasteiger partial charge in [-0.15, -0.1) is 0 Å². The van der Waals surface area contributed by atoms with Gasteiger partial charge < -0.3 is 10.5 Å². The molecule has 0 aliphatic carbocycles. The van der Waals surface area contributed by atoms with E-state index in [0.29, 0.717) is 0 Å². The van der Waals surface area contributed by atoms with Gasteiger partial charge >= 0.3 is 13.5 Å². The molecule has 1 aromatic rings. The first-order chi connectivity index (χ1) is 13.7. The fourth-order valence-electron chi connectivity index (χ4n) is 3.94. The van der Waals surface area contributed by atoms with Crippen LogP contribution in [0, 0.1) is 5.92 Å². The minimum atomic E-state index is -3.81. The lowest BCUT2D eigenvalue weighted by atomic mass is 9.93. The van der Waals surface area contributed by atoms with Crippen molar-refractivity contribution in [3.63, 3.8) is 0 Å². The second kappa shape index (κ2) is 8.83. The molecule has 0 aromatic carbocycles. The average Bonchev–Trinajstić information content (AvgIpc) is 2.91. The van der Waals surface area contributed by atoms with E-state index in [2.05, 4.69) is 18.8 Å². The van der Waals surface area contributed by atoms with Crippen molar-refractivity contribution >= 4 is 7.82 Å². The van der Waals surface area contributed by atoms with E-state index >= 15 is 0 Å². The molecular formula is C18H30N3O7P. The summed E-state index contributed by atoms with van der Waals surface area (Å²) >= 11 is 0. The van der Waals surface area contributed by atoms with Gasteiger partial charge in [-0.25, -0.2) is 9.36 Å². The molecule has 0 radical (unpaired) electrons. The molecule has 10 nitrogen and oxygen atoms in total. The number of nitrogens with two attached hydrogens (primary N) is 1. The Bertz CT molecular complexity index is 862. The molecule has 0 amide bonds. The maximum absolute atomic E-state index is 13.0. The third-order valence-corrected chi connectivity index (χ3v) is 6.81. The zero-order valence-corrected chi connectivity index (χ0v) is 17.9. The average molecular weight is 431 g/mol. The number of fused-ring (bicyclic) bond motifs is 1. The van der Waals surface area contributed by atoms with Gasteiger partial charge in [0.15, 0.2) is 6.23 Å². The fourth-order valence-corrected chi connectivity index (χ4v) is 5.50. The molecule has 2 aliphatic heterocycles. The number of ether oxygens (including phenoxy) is 1. The Balaban J connectivity index is 1.74. The highest BCUT2D eigenvalue weighted by molar-refractivity contribution is 7.48. The quantitative estimate of drug-likeness (QED) is 0.596. The third kappa shape index (κ3) is 4.73. The first kappa shape index (κ1) is 22.4. The number of nitrogens with one attached hydrogen (secondary N) is 1.